The van der Waals surface area contributed by atoms with E-state index in [1.54, 1.807) is 12.1 Å². The zero-order valence-electron chi connectivity index (χ0n) is 8.52. The van der Waals surface area contributed by atoms with Gasteiger partial charge in [0, 0.05) is 10.8 Å². The molecule has 2 aromatic carbocycles. The zero-order chi connectivity index (χ0) is 11.4. The number of hydrogen-bond acceptors (Lipinski definition) is 1. The molecule has 0 spiro atoms. The Labute approximate surface area is 104 Å². The molecule has 2 aromatic rings. The third-order valence-electron chi connectivity index (χ3n) is 2.13. The number of thioether (sulfide) groups is 1. The average molecular weight is 250 g/mol. The van der Waals surface area contributed by atoms with Gasteiger partial charge in [0.1, 0.15) is 0 Å². The van der Waals surface area contributed by atoms with Crippen molar-refractivity contribution in [2.45, 2.75) is 10.6 Å². The van der Waals surface area contributed by atoms with Crippen molar-refractivity contribution >= 4 is 23.4 Å². The number of hydrogen-bond donors (Lipinski definition) is 0. The molecule has 0 aromatic heterocycles. The van der Waals surface area contributed by atoms with Crippen molar-refractivity contribution in [3.05, 3.63) is 59.1 Å². The summed E-state index contributed by atoms with van der Waals surface area (Å²) in [5.41, 5.74) is 1.13. The summed E-state index contributed by atoms with van der Waals surface area (Å²) >= 11 is 7.42. The summed E-state index contributed by atoms with van der Waals surface area (Å²) in [6.45, 7) is 0. The van der Waals surface area contributed by atoms with Crippen LogP contribution in [0.15, 0.2) is 53.4 Å². The fraction of sp³-hybridized carbons (Fsp3) is 0.0769. The normalized spacial score (nSPS) is 10.3. The van der Waals surface area contributed by atoms with Crippen LogP contribution in [0.5, 0.6) is 5.75 Å². The number of para-hydroxylation sites is 1. The second-order valence-electron chi connectivity index (χ2n) is 3.37. The van der Waals surface area contributed by atoms with Gasteiger partial charge in [-0.15, -0.1) is 11.8 Å². The molecule has 0 fully saturated rings. The highest BCUT2D eigenvalue weighted by Crippen LogP contribution is 2.31. The molecule has 0 aliphatic carbocycles. The Balaban J connectivity index is 2.05. The van der Waals surface area contributed by atoms with E-state index in [2.05, 4.69) is 0 Å². The fourth-order valence-electron chi connectivity index (χ4n) is 1.36. The molecule has 0 amide bonds. The Morgan fingerprint density at radius 2 is 1.88 bits per heavy atom. The van der Waals surface area contributed by atoms with Crippen molar-refractivity contribution in [1.82, 2.24) is 0 Å². The van der Waals surface area contributed by atoms with E-state index in [1.165, 1.54) is 11.8 Å². The fourth-order valence-corrected chi connectivity index (χ4v) is 2.46. The van der Waals surface area contributed by atoms with Crippen LogP contribution in [0.3, 0.4) is 0 Å². The van der Waals surface area contributed by atoms with Crippen LogP contribution in [0.2, 0.25) is 5.02 Å². The molecule has 0 aliphatic heterocycles. The maximum atomic E-state index is 11.5. The Hall–Kier alpha value is -1.12. The molecule has 0 aliphatic rings. The summed E-state index contributed by atoms with van der Waals surface area (Å²) in [7, 11) is 0. The Morgan fingerprint density at radius 3 is 2.62 bits per heavy atom. The van der Waals surface area contributed by atoms with E-state index < -0.39 is 0 Å². The van der Waals surface area contributed by atoms with Crippen LogP contribution < -0.4 is 0 Å². The van der Waals surface area contributed by atoms with Crippen molar-refractivity contribution in [3.8, 4) is 5.75 Å². The average Bonchev–Trinajstić information content (AvgIpc) is 2.28. The monoisotopic (exact) mass is 249 g/mol. The summed E-state index contributed by atoms with van der Waals surface area (Å²) in [4.78, 5) is 0.780. The van der Waals surface area contributed by atoms with E-state index in [0.29, 0.717) is 0 Å². The van der Waals surface area contributed by atoms with Crippen LogP contribution in [0.1, 0.15) is 5.56 Å². The van der Waals surface area contributed by atoms with E-state index in [4.69, 9.17) is 11.6 Å². The lowest BCUT2D eigenvalue weighted by atomic mass is 10.2. The summed E-state index contributed by atoms with van der Waals surface area (Å²) in [6, 6.07) is 14.7. The molecular weight excluding hydrogens is 240 g/mol. The first-order chi connectivity index (χ1) is 7.75. The van der Waals surface area contributed by atoms with Crippen LogP contribution in [-0.4, -0.2) is 0 Å². The van der Waals surface area contributed by atoms with Crippen molar-refractivity contribution in [1.29, 1.82) is 0 Å². The lowest BCUT2D eigenvalue weighted by Gasteiger charge is -2.03. The zero-order valence-corrected chi connectivity index (χ0v) is 10.1. The molecule has 0 heterocycles. The molecule has 0 N–H and O–H groups in total. The van der Waals surface area contributed by atoms with Crippen molar-refractivity contribution < 1.29 is 5.11 Å². The highest BCUT2D eigenvalue weighted by Gasteiger charge is 2.02. The molecular formula is C13H10ClOS. The van der Waals surface area contributed by atoms with Gasteiger partial charge >= 0.3 is 0 Å². The standard InChI is InChI=1S/C13H10ClOS/c14-11-5-3-4-10(8-11)9-16-13-7-2-1-6-12(13)15/h1-8H,9H2. The highest BCUT2D eigenvalue weighted by molar-refractivity contribution is 7.98. The number of benzene rings is 2. The molecule has 2 rings (SSSR count). The maximum Gasteiger partial charge on any atom is 0.192 e. The molecule has 0 saturated carbocycles. The number of halogens is 1. The Kier molecular flexibility index (Phi) is 3.75. The summed E-state index contributed by atoms with van der Waals surface area (Å²) < 4.78 is 0. The topological polar surface area (TPSA) is 19.9 Å². The minimum atomic E-state index is 0.0783. The van der Waals surface area contributed by atoms with Gasteiger partial charge in [0.15, 0.2) is 5.75 Å². The molecule has 3 heteroatoms. The maximum absolute atomic E-state index is 11.5. The lowest BCUT2D eigenvalue weighted by molar-refractivity contribution is 0.344. The first-order valence-corrected chi connectivity index (χ1v) is 6.25. The molecule has 1 radical (unpaired) electrons. The third kappa shape index (κ3) is 2.94. The second kappa shape index (κ2) is 5.28. The molecule has 16 heavy (non-hydrogen) atoms. The van der Waals surface area contributed by atoms with Gasteiger partial charge in [-0.1, -0.05) is 35.9 Å². The molecule has 0 unspecified atom stereocenters. The van der Waals surface area contributed by atoms with E-state index >= 15 is 0 Å². The Bertz CT molecular complexity index is 485. The minimum absolute atomic E-state index is 0.0783. The van der Waals surface area contributed by atoms with E-state index in [0.717, 1.165) is 21.2 Å². The SMILES string of the molecule is [O]c1ccccc1SCc1cccc(Cl)c1. The summed E-state index contributed by atoms with van der Waals surface area (Å²) in [5.74, 6) is 0.842. The molecule has 0 saturated heterocycles. The van der Waals surface area contributed by atoms with Crippen LogP contribution in [0, 0.1) is 0 Å². The van der Waals surface area contributed by atoms with Gasteiger partial charge < -0.3 is 0 Å². The minimum Gasteiger partial charge on any atom is -0.289 e. The van der Waals surface area contributed by atoms with E-state index in [9.17, 15) is 5.11 Å². The van der Waals surface area contributed by atoms with Crippen LogP contribution in [-0.2, 0) is 10.9 Å². The summed E-state index contributed by atoms with van der Waals surface area (Å²) in [6.07, 6.45) is 0. The van der Waals surface area contributed by atoms with Crippen LogP contribution >= 0.6 is 23.4 Å². The predicted molar refractivity (Wildman–Crippen MR) is 67.6 cm³/mol. The van der Waals surface area contributed by atoms with Crippen LogP contribution in [0.4, 0.5) is 0 Å². The van der Waals surface area contributed by atoms with Gasteiger partial charge in [0.05, 0.1) is 4.90 Å². The number of rotatable bonds is 3. The Morgan fingerprint density at radius 1 is 1.06 bits per heavy atom. The van der Waals surface area contributed by atoms with Crippen molar-refractivity contribution in [2.24, 2.45) is 0 Å². The smallest absolute Gasteiger partial charge is 0.192 e. The van der Waals surface area contributed by atoms with Gasteiger partial charge in [0.2, 0.25) is 0 Å². The highest BCUT2D eigenvalue weighted by atomic mass is 35.5. The van der Waals surface area contributed by atoms with Crippen molar-refractivity contribution in [3.63, 3.8) is 0 Å². The third-order valence-corrected chi connectivity index (χ3v) is 3.49. The molecule has 0 atom stereocenters. The quantitative estimate of drug-likeness (QED) is 0.717. The second-order valence-corrected chi connectivity index (χ2v) is 4.82. The largest absolute Gasteiger partial charge is 0.289 e. The first kappa shape index (κ1) is 11.4. The van der Waals surface area contributed by atoms with Gasteiger partial charge in [-0.25, -0.2) is 0 Å². The van der Waals surface area contributed by atoms with Crippen molar-refractivity contribution in [2.75, 3.05) is 0 Å². The lowest BCUT2D eigenvalue weighted by Crippen LogP contribution is -1.80. The molecule has 81 valence electrons. The van der Waals surface area contributed by atoms with Gasteiger partial charge in [-0.2, -0.15) is 0 Å². The van der Waals surface area contributed by atoms with E-state index in [-0.39, 0.29) is 5.75 Å². The van der Waals surface area contributed by atoms with Gasteiger partial charge in [0.25, 0.3) is 0 Å². The molecule has 0 bridgehead atoms. The molecule has 1 nitrogen and oxygen atoms in total. The van der Waals surface area contributed by atoms with Gasteiger partial charge in [-0.05, 0) is 29.8 Å². The first-order valence-electron chi connectivity index (χ1n) is 4.89. The van der Waals surface area contributed by atoms with Crippen LogP contribution in [0.25, 0.3) is 0 Å². The summed E-state index contributed by atoms with van der Waals surface area (Å²) in [5, 5.41) is 12.2. The van der Waals surface area contributed by atoms with Gasteiger partial charge in [-0.3, -0.25) is 5.11 Å². The van der Waals surface area contributed by atoms with E-state index in [1.807, 2.05) is 36.4 Å². The predicted octanol–water partition coefficient (Wildman–Crippen LogP) is 4.78.